The lowest BCUT2D eigenvalue weighted by Crippen LogP contribution is -2.21. The first-order chi connectivity index (χ1) is 13.5. The maximum absolute atomic E-state index is 12.5. The Labute approximate surface area is 172 Å². The second-order valence-corrected chi connectivity index (χ2v) is 10.2. The number of hydrogen-bond donors (Lipinski definition) is 0. The highest BCUT2D eigenvalue weighted by Crippen LogP contribution is 2.38. The molecule has 0 saturated carbocycles. The van der Waals surface area contributed by atoms with Gasteiger partial charge < -0.3 is 0 Å². The first-order valence-electron chi connectivity index (χ1n) is 9.42. The van der Waals surface area contributed by atoms with E-state index in [1.165, 1.54) is 0 Å². The van der Waals surface area contributed by atoms with Crippen molar-refractivity contribution >= 4 is 36.7 Å². The number of rotatable bonds is 5. The van der Waals surface area contributed by atoms with Crippen molar-refractivity contribution in [1.82, 2.24) is 9.55 Å². The molecule has 0 spiro atoms. The fourth-order valence-electron chi connectivity index (χ4n) is 3.92. The van der Waals surface area contributed by atoms with Crippen molar-refractivity contribution in [1.29, 1.82) is 0 Å². The van der Waals surface area contributed by atoms with Crippen LogP contribution in [0.2, 0.25) is 0 Å². The van der Waals surface area contributed by atoms with Gasteiger partial charge in [0.15, 0.2) is 9.84 Å². The predicted octanol–water partition coefficient (Wildman–Crippen LogP) is 4.29. The van der Waals surface area contributed by atoms with Crippen molar-refractivity contribution < 1.29 is 8.42 Å². The van der Waals surface area contributed by atoms with Crippen molar-refractivity contribution in [2.24, 2.45) is 0 Å². The van der Waals surface area contributed by atoms with E-state index >= 15 is 0 Å². The molecule has 7 heteroatoms. The van der Waals surface area contributed by atoms with Gasteiger partial charge in [-0.05, 0) is 55.0 Å². The SMILES string of the molecule is O=c1c2ccccc2ncn1CCCCC1CCS(=O)(=O)c2cc(Br)ccc21. The summed E-state index contributed by atoms with van der Waals surface area (Å²) < 4.78 is 27.2. The van der Waals surface area contributed by atoms with Crippen molar-refractivity contribution in [3.63, 3.8) is 0 Å². The van der Waals surface area contributed by atoms with Gasteiger partial charge in [-0.3, -0.25) is 9.36 Å². The van der Waals surface area contributed by atoms with Crippen LogP contribution in [0.1, 0.15) is 37.2 Å². The quantitative estimate of drug-likeness (QED) is 0.532. The summed E-state index contributed by atoms with van der Waals surface area (Å²) in [4.78, 5) is 17.4. The van der Waals surface area contributed by atoms with Crippen molar-refractivity contribution in [2.45, 2.75) is 43.0 Å². The van der Waals surface area contributed by atoms with E-state index in [1.54, 1.807) is 23.0 Å². The third-order valence-corrected chi connectivity index (χ3v) is 7.71. The van der Waals surface area contributed by atoms with Crippen LogP contribution in [0.3, 0.4) is 0 Å². The number of nitrogens with zero attached hydrogens (tertiary/aromatic N) is 2. The molecular formula is C21H21BrN2O3S. The minimum absolute atomic E-state index is 0.00967. The van der Waals surface area contributed by atoms with Crippen molar-refractivity contribution in [2.75, 3.05) is 5.75 Å². The lowest BCUT2D eigenvalue weighted by molar-refractivity contribution is 0.501. The Morgan fingerprint density at radius 1 is 1.14 bits per heavy atom. The smallest absolute Gasteiger partial charge is 0.261 e. The topological polar surface area (TPSA) is 69.0 Å². The highest BCUT2D eigenvalue weighted by molar-refractivity contribution is 9.10. The number of aromatic nitrogens is 2. The number of sulfone groups is 1. The average Bonchev–Trinajstić information content (AvgIpc) is 2.69. The zero-order valence-corrected chi connectivity index (χ0v) is 17.7. The second kappa shape index (κ2) is 7.79. The second-order valence-electron chi connectivity index (χ2n) is 7.24. The molecule has 0 aliphatic carbocycles. The van der Waals surface area contributed by atoms with Crippen LogP contribution in [0.4, 0.5) is 0 Å². The number of unbranched alkanes of at least 4 members (excludes halogenated alkanes) is 1. The summed E-state index contributed by atoms with van der Waals surface area (Å²) in [6, 6.07) is 12.9. The van der Waals surface area contributed by atoms with Gasteiger partial charge in [0, 0.05) is 11.0 Å². The van der Waals surface area contributed by atoms with Gasteiger partial charge in [-0.2, -0.15) is 0 Å². The highest BCUT2D eigenvalue weighted by Gasteiger charge is 2.30. The van der Waals surface area contributed by atoms with Crippen LogP contribution in [-0.2, 0) is 16.4 Å². The van der Waals surface area contributed by atoms with Gasteiger partial charge in [-0.1, -0.05) is 40.5 Å². The zero-order chi connectivity index (χ0) is 19.7. The molecule has 0 fully saturated rings. The minimum Gasteiger partial charge on any atom is -0.299 e. The fraction of sp³-hybridized carbons (Fsp3) is 0.333. The van der Waals surface area contributed by atoms with Crippen molar-refractivity contribution in [3.05, 3.63) is 69.2 Å². The van der Waals surface area contributed by atoms with Gasteiger partial charge in [-0.25, -0.2) is 13.4 Å². The number of halogens is 1. The summed E-state index contributed by atoms with van der Waals surface area (Å²) in [5.41, 5.74) is 1.64. The summed E-state index contributed by atoms with van der Waals surface area (Å²) in [6.07, 6.45) is 4.98. The Morgan fingerprint density at radius 2 is 1.96 bits per heavy atom. The molecule has 146 valence electrons. The maximum Gasteiger partial charge on any atom is 0.261 e. The van der Waals surface area contributed by atoms with Crippen LogP contribution in [0.5, 0.6) is 0 Å². The van der Waals surface area contributed by atoms with E-state index in [1.807, 2.05) is 30.3 Å². The fourth-order valence-corrected chi connectivity index (χ4v) is 6.14. The van der Waals surface area contributed by atoms with Crippen LogP contribution >= 0.6 is 15.9 Å². The van der Waals surface area contributed by atoms with E-state index in [9.17, 15) is 13.2 Å². The number of hydrogen-bond acceptors (Lipinski definition) is 4. The molecule has 0 saturated heterocycles. The average molecular weight is 461 g/mol. The summed E-state index contributed by atoms with van der Waals surface area (Å²) in [5, 5.41) is 0.641. The molecule has 0 radical (unpaired) electrons. The number of benzene rings is 2. The van der Waals surface area contributed by atoms with E-state index < -0.39 is 9.84 Å². The largest absolute Gasteiger partial charge is 0.299 e. The molecule has 28 heavy (non-hydrogen) atoms. The van der Waals surface area contributed by atoms with E-state index in [4.69, 9.17) is 0 Å². The molecule has 4 rings (SSSR count). The normalized spacial score (nSPS) is 18.1. The Balaban J connectivity index is 1.43. The van der Waals surface area contributed by atoms with Crippen LogP contribution in [0.15, 0.2) is 63.0 Å². The lowest BCUT2D eigenvalue weighted by atomic mass is 9.91. The maximum atomic E-state index is 12.5. The zero-order valence-electron chi connectivity index (χ0n) is 15.3. The lowest BCUT2D eigenvalue weighted by Gasteiger charge is -2.25. The predicted molar refractivity (Wildman–Crippen MR) is 113 cm³/mol. The molecule has 5 nitrogen and oxygen atoms in total. The van der Waals surface area contributed by atoms with E-state index in [2.05, 4.69) is 20.9 Å². The van der Waals surface area contributed by atoms with Gasteiger partial charge in [-0.15, -0.1) is 0 Å². The van der Waals surface area contributed by atoms with E-state index in [-0.39, 0.29) is 17.2 Å². The Hall–Kier alpha value is -1.99. The molecule has 1 unspecified atom stereocenters. The molecule has 1 aliphatic heterocycles. The first kappa shape index (κ1) is 19.3. The number of fused-ring (bicyclic) bond motifs is 2. The van der Waals surface area contributed by atoms with Gasteiger partial charge in [0.2, 0.25) is 0 Å². The molecule has 2 heterocycles. The molecule has 1 aromatic heterocycles. The molecule has 2 aromatic carbocycles. The molecule has 0 amide bonds. The van der Waals surface area contributed by atoms with Crippen LogP contribution < -0.4 is 5.56 Å². The molecular weight excluding hydrogens is 440 g/mol. The molecule has 0 bridgehead atoms. The third-order valence-electron chi connectivity index (χ3n) is 5.42. The molecule has 1 atom stereocenters. The number of aryl methyl sites for hydroxylation is 1. The Morgan fingerprint density at radius 3 is 2.82 bits per heavy atom. The van der Waals surface area contributed by atoms with E-state index in [0.29, 0.717) is 23.2 Å². The third kappa shape index (κ3) is 3.78. The van der Waals surface area contributed by atoms with Gasteiger partial charge >= 0.3 is 0 Å². The van der Waals surface area contributed by atoms with Crippen molar-refractivity contribution in [3.8, 4) is 0 Å². The Kier molecular flexibility index (Phi) is 5.38. The monoisotopic (exact) mass is 460 g/mol. The van der Waals surface area contributed by atoms with Crippen LogP contribution in [-0.4, -0.2) is 23.7 Å². The van der Waals surface area contributed by atoms with Crippen LogP contribution in [0.25, 0.3) is 10.9 Å². The van der Waals surface area contributed by atoms with Crippen LogP contribution in [0, 0.1) is 0 Å². The Bertz CT molecular complexity index is 1190. The van der Waals surface area contributed by atoms with Gasteiger partial charge in [0.25, 0.3) is 5.56 Å². The first-order valence-corrected chi connectivity index (χ1v) is 11.9. The highest BCUT2D eigenvalue weighted by atomic mass is 79.9. The van der Waals surface area contributed by atoms with Gasteiger partial charge in [0.05, 0.1) is 27.9 Å². The summed E-state index contributed by atoms with van der Waals surface area (Å²) in [6.45, 7) is 0.620. The van der Waals surface area contributed by atoms with E-state index in [0.717, 1.165) is 34.8 Å². The standard InChI is InChI=1S/C21H21BrN2O3S/c22-16-8-9-17-15(10-12-28(26,27)20(17)13-16)5-3-4-11-24-14-23-19-7-2-1-6-18(19)21(24)25/h1-2,6-9,13-15H,3-5,10-12H2. The molecule has 1 aliphatic rings. The number of para-hydroxylation sites is 1. The minimum atomic E-state index is -3.18. The molecule has 3 aromatic rings. The molecule has 0 N–H and O–H groups in total. The summed E-state index contributed by atoms with van der Waals surface area (Å²) in [5.74, 6) is 0.452. The van der Waals surface area contributed by atoms with Gasteiger partial charge in [0.1, 0.15) is 0 Å². The summed E-state index contributed by atoms with van der Waals surface area (Å²) in [7, 11) is -3.18. The summed E-state index contributed by atoms with van der Waals surface area (Å²) >= 11 is 3.37.